The number of aromatic amines is 1. The molecule has 1 heterocycles. The average Bonchev–Trinajstić information content (AvgIpc) is 3.02. The Morgan fingerprint density at radius 2 is 1.93 bits per heavy atom. The van der Waals surface area contributed by atoms with Crippen LogP contribution in [0.25, 0.3) is 10.9 Å². The zero-order chi connectivity index (χ0) is 21.5. The van der Waals surface area contributed by atoms with Gasteiger partial charge in [-0.15, -0.1) is 0 Å². The van der Waals surface area contributed by atoms with Gasteiger partial charge in [-0.3, -0.25) is 9.59 Å². The number of aromatic nitrogens is 1. The Balaban J connectivity index is 1.34. The SMILES string of the molecule is C[C@H]1C[C@H]2C[C@@H](I)CC(CCNC(=O)C(=O)Nc3c[nH]c4cc(F)c(F)cc34)(C1)C2. The van der Waals surface area contributed by atoms with E-state index in [9.17, 15) is 18.4 Å². The van der Waals surface area contributed by atoms with E-state index in [1.165, 1.54) is 38.3 Å². The van der Waals surface area contributed by atoms with E-state index in [-0.39, 0.29) is 11.1 Å². The molecular weight excluding hydrogens is 503 g/mol. The maximum absolute atomic E-state index is 13.5. The Labute approximate surface area is 187 Å². The first-order valence-corrected chi connectivity index (χ1v) is 11.7. The van der Waals surface area contributed by atoms with Crippen LogP contribution in [0.5, 0.6) is 0 Å². The molecule has 2 saturated carbocycles. The van der Waals surface area contributed by atoms with Crippen LogP contribution >= 0.6 is 22.6 Å². The van der Waals surface area contributed by atoms with Gasteiger partial charge >= 0.3 is 11.8 Å². The van der Waals surface area contributed by atoms with Gasteiger partial charge < -0.3 is 15.6 Å². The molecule has 2 aromatic rings. The van der Waals surface area contributed by atoms with Gasteiger partial charge in [-0.2, -0.15) is 0 Å². The third kappa shape index (κ3) is 4.48. The van der Waals surface area contributed by atoms with Crippen LogP contribution in [0, 0.1) is 28.9 Å². The van der Waals surface area contributed by atoms with Gasteiger partial charge in [0.1, 0.15) is 0 Å². The van der Waals surface area contributed by atoms with Crippen LogP contribution in [0.15, 0.2) is 18.3 Å². The summed E-state index contributed by atoms with van der Waals surface area (Å²) in [6, 6.07) is 2.01. The van der Waals surface area contributed by atoms with Crippen LogP contribution in [0.1, 0.15) is 45.4 Å². The van der Waals surface area contributed by atoms with Crippen LogP contribution in [0.3, 0.4) is 0 Å². The molecule has 0 aliphatic heterocycles. The Bertz CT molecular complexity index is 957. The van der Waals surface area contributed by atoms with Gasteiger partial charge in [0.05, 0.1) is 11.2 Å². The molecular formula is C22H26F2IN3O2. The zero-order valence-electron chi connectivity index (χ0n) is 16.9. The Hall–Kier alpha value is -1.71. The number of benzene rings is 1. The van der Waals surface area contributed by atoms with Gasteiger partial charge in [-0.05, 0) is 61.8 Å². The van der Waals surface area contributed by atoms with E-state index in [0.29, 0.717) is 27.3 Å². The molecule has 1 unspecified atom stereocenters. The van der Waals surface area contributed by atoms with E-state index in [0.717, 1.165) is 24.5 Å². The second-order valence-corrected chi connectivity index (χ2v) is 10.9. The smallest absolute Gasteiger partial charge is 0.313 e. The zero-order valence-corrected chi connectivity index (χ0v) is 19.0. The largest absolute Gasteiger partial charge is 0.359 e. The third-order valence-electron chi connectivity index (χ3n) is 6.60. The summed E-state index contributed by atoms with van der Waals surface area (Å²) < 4.78 is 27.5. The molecule has 2 fully saturated rings. The first kappa shape index (κ1) is 21.5. The topological polar surface area (TPSA) is 74.0 Å². The summed E-state index contributed by atoms with van der Waals surface area (Å²) >= 11 is 2.56. The summed E-state index contributed by atoms with van der Waals surface area (Å²) in [5, 5.41) is 5.54. The molecule has 162 valence electrons. The monoisotopic (exact) mass is 529 g/mol. The molecule has 0 saturated heterocycles. The van der Waals surface area contributed by atoms with Crippen LogP contribution in [0.4, 0.5) is 14.5 Å². The second kappa shape index (κ2) is 8.43. The standard InChI is InChI=1S/C22H26F2IN3O2/c1-12-4-13-5-14(25)10-22(8-12,9-13)2-3-26-20(29)21(30)28-19-11-27-18-7-17(24)16(23)6-15(18)19/h6-7,11-14,27H,2-5,8-10H2,1H3,(H,26,29)(H,28,30)/t12-,13-,14+,22?/m0/s1. The molecule has 1 aromatic carbocycles. The number of rotatable bonds is 4. The Morgan fingerprint density at radius 3 is 2.73 bits per heavy atom. The lowest BCUT2D eigenvalue weighted by Gasteiger charge is -2.49. The number of H-pyrrole nitrogens is 1. The molecule has 0 radical (unpaired) electrons. The van der Waals surface area contributed by atoms with E-state index in [2.05, 4.69) is 45.1 Å². The molecule has 2 aliphatic rings. The van der Waals surface area contributed by atoms with Crippen molar-refractivity contribution in [2.75, 3.05) is 11.9 Å². The number of hydrogen-bond acceptors (Lipinski definition) is 2. The van der Waals surface area contributed by atoms with Crippen molar-refractivity contribution < 1.29 is 18.4 Å². The maximum atomic E-state index is 13.5. The number of nitrogens with one attached hydrogen (secondary N) is 3. The molecule has 2 aliphatic carbocycles. The Kier molecular flexibility index (Phi) is 6.05. The summed E-state index contributed by atoms with van der Waals surface area (Å²) in [6.45, 7) is 2.78. The molecule has 0 spiro atoms. The van der Waals surface area contributed by atoms with Gasteiger partial charge in [-0.1, -0.05) is 29.5 Å². The van der Waals surface area contributed by atoms with Crippen LogP contribution < -0.4 is 10.6 Å². The van der Waals surface area contributed by atoms with Crippen LogP contribution in [0.2, 0.25) is 0 Å². The predicted molar refractivity (Wildman–Crippen MR) is 120 cm³/mol. The number of hydrogen-bond donors (Lipinski definition) is 3. The lowest BCUT2D eigenvalue weighted by atomic mass is 9.58. The highest BCUT2D eigenvalue weighted by atomic mass is 127. The van der Waals surface area contributed by atoms with Gasteiger partial charge in [0.15, 0.2) is 11.6 Å². The van der Waals surface area contributed by atoms with Crippen molar-refractivity contribution >= 4 is 51.0 Å². The van der Waals surface area contributed by atoms with Gasteiger partial charge in [0.2, 0.25) is 0 Å². The number of alkyl halides is 1. The van der Waals surface area contributed by atoms with Gasteiger partial charge in [0.25, 0.3) is 0 Å². The average molecular weight is 529 g/mol. The van der Waals surface area contributed by atoms with Crippen molar-refractivity contribution in [2.45, 2.75) is 49.4 Å². The summed E-state index contributed by atoms with van der Waals surface area (Å²) in [6.07, 6.45) is 8.46. The highest BCUT2D eigenvalue weighted by Crippen LogP contribution is 2.54. The minimum Gasteiger partial charge on any atom is -0.359 e. The molecule has 8 heteroatoms. The van der Waals surface area contributed by atoms with Crippen LogP contribution in [-0.2, 0) is 9.59 Å². The van der Waals surface area contributed by atoms with Crippen molar-refractivity contribution in [3.05, 3.63) is 30.0 Å². The molecule has 4 atom stereocenters. The minimum atomic E-state index is -1.01. The van der Waals surface area contributed by atoms with Crippen molar-refractivity contribution in [3.63, 3.8) is 0 Å². The molecule has 30 heavy (non-hydrogen) atoms. The van der Waals surface area contributed by atoms with Gasteiger partial charge in [0, 0.05) is 28.1 Å². The predicted octanol–water partition coefficient (Wildman–Crippen LogP) is 4.91. The van der Waals surface area contributed by atoms with E-state index in [1.54, 1.807) is 0 Å². The van der Waals surface area contributed by atoms with E-state index in [4.69, 9.17) is 0 Å². The third-order valence-corrected chi connectivity index (χ3v) is 7.55. The molecule has 4 rings (SSSR count). The summed E-state index contributed by atoms with van der Waals surface area (Å²) in [4.78, 5) is 27.4. The number of halogens is 3. The van der Waals surface area contributed by atoms with Crippen molar-refractivity contribution in [1.29, 1.82) is 0 Å². The number of amides is 2. The summed E-state index contributed by atoms with van der Waals surface area (Å²) in [5.41, 5.74) is 0.844. The molecule has 1 aromatic heterocycles. The fourth-order valence-corrected chi connectivity index (χ4v) is 7.31. The lowest BCUT2D eigenvalue weighted by Crippen LogP contribution is -2.43. The maximum Gasteiger partial charge on any atom is 0.313 e. The first-order valence-electron chi connectivity index (χ1n) is 10.4. The quantitative estimate of drug-likeness (QED) is 0.299. The lowest BCUT2D eigenvalue weighted by molar-refractivity contribution is -0.136. The van der Waals surface area contributed by atoms with Crippen molar-refractivity contribution in [1.82, 2.24) is 10.3 Å². The molecule has 5 nitrogen and oxygen atoms in total. The molecule has 3 N–H and O–H groups in total. The normalized spacial score (nSPS) is 28.3. The van der Waals surface area contributed by atoms with Gasteiger partial charge in [-0.25, -0.2) is 8.78 Å². The second-order valence-electron chi connectivity index (χ2n) is 9.13. The van der Waals surface area contributed by atoms with Crippen molar-refractivity contribution in [3.8, 4) is 0 Å². The van der Waals surface area contributed by atoms with E-state index < -0.39 is 23.4 Å². The highest BCUT2D eigenvalue weighted by molar-refractivity contribution is 14.1. The number of anilines is 1. The number of fused-ring (bicyclic) bond motifs is 3. The molecule has 2 amide bonds. The number of carbonyl (C=O) groups is 2. The van der Waals surface area contributed by atoms with E-state index in [1.807, 2.05) is 0 Å². The van der Waals surface area contributed by atoms with E-state index >= 15 is 0 Å². The van der Waals surface area contributed by atoms with Crippen molar-refractivity contribution in [2.24, 2.45) is 17.3 Å². The van der Waals surface area contributed by atoms with Crippen LogP contribution in [-0.4, -0.2) is 27.3 Å². The number of carbonyl (C=O) groups excluding carboxylic acids is 2. The summed E-state index contributed by atoms with van der Waals surface area (Å²) in [7, 11) is 0. The fraction of sp³-hybridized carbons (Fsp3) is 0.545. The Morgan fingerprint density at radius 1 is 1.17 bits per heavy atom. The first-order chi connectivity index (χ1) is 14.2. The minimum absolute atomic E-state index is 0.242. The summed E-state index contributed by atoms with van der Waals surface area (Å²) in [5.74, 6) is -2.04. The molecule has 2 bridgehead atoms. The highest BCUT2D eigenvalue weighted by Gasteiger charge is 2.44. The fourth-order valence-electron chi connectivity index (χ4n) is 5.66.